The molecule has 2 aromatic rings. The minimum Gasteiger partial charge on any atom is -0.493 e. The van der Waals surface area contributed by atoms with Crippen LogP contribution in [-0.2, 0) is 13.2 Å². The van der Waals surface area contributed by atoms with E-state index in [4.69, 9.17) is 14.2 Å². The normalized spacial score (nSPS) is 10.3. The van der Waals surface area contributed by atoms with Crippen molar-refractivity contribution in [2.45, 2.75) is 13.2 Å². The Hall–Kier alpha value is -2.28. The predicted octanol–water partition coefficient (Wildman–Crippen LogP) is 1.39. The summed E-state index contributed by atoms with van der Waals surface area (Å²) in [6.07, 6.45) is 1.25. The number of benzene rings is 1. The van der Waals surface area contributed by atoms with Gasteiger partial charge in [-0.05, 0) is 24.7 Å². The second-order valence-corrected chi connectivity index (χ2v) is 4.00. The first kappa shape index (κ1) is 14.1. The summed E-state index contributed by atoms with van der Waals surface area (Å²) < 4.78 is 21.0. The average molecular weight is 279 g/mol. The Morgan fingerprint density at radius 1 is 1.20 bits per heavy atom. The fourth-order valence-electron chi connectivity index (χ4n) is 1.78. The van der Waals surface area contributed by atoms with Crippen LogP contribution in [0.25, 0.3) is 0 Å². The van der Waals surface area contributed by atoms with Crippen molar-refractivity contribution in [3.05, 3.63) is 29.9 Å². The minimum atomic E-state index is 0.175. The quantitative estimate of drug-likeness (QED) is 0.820. The highest BCUT2D eigenvalue weighted by Gasteiger charge is 2.15. The zero-order valence-corrected chi connectivity index (χ0v) is 11.7. The molecule has 0 saturated heterocycles. The first-order valence-corrected chi connectivity index (χ1v) is 6.06. The maximum Gasteiger partial charge on any atom is 0.213 e. The van der Waals surface area contributed by atoms with E-state index in [1.165, 1.54) is 6.39 Å². The molecule has 7 nitrogen and oxygen atoms in total. The number of nitrogens with zero attached hydrogens (tertiary/aromatic N) is 2. The summed E-state index contributed by atoms with van der Waals surface area (Å²) in [5, 5.41) is 6.76. The van der Waals surface area contributed by atoms with E-state index in [2.05, 4.69) is 20.0 Å². The van der Waals surface area contributed by atoms with Gasteiger partial charge in [-0.2, -0.15) is 4.98 Å². The van der Waals surface area contributed by atoms with Gasteiger partial charge in [-0.15, -0.1) is 0 Å². The Bertz CT molecular complexity index is 518. The Labute approximate surface area is 116 Å². The number of aromatic nitrogens is 2. The Kier molecular flexibility index (Phi) is 4.78. The van der Waals surface area contributed by atoms with Gasteiger partial charge >= 0.3 is 0 Å². The number of ether oxygens (including phenoxy) is 3. The summed E-state index contributed by atoms with van der Waals surface area (Å²) in [7, 11) is 5.04. The van der Waals surface area contributed by atoms with E-state index in [-0.39, 0.29) is 6.61 Å². The molecule has 1 heterocycles. The van der Waals surface area contributed by atoms with E-state index in [0.29, 0.717) is 29.6 Å². The number of methoxy groups -OCH3 is 2. The highest BCUT2D eigenvalue weighted by molar-refractivity contribution is 5.53. The van der Waals surface area contributed by atoms with Crippen molar-refractivity contribution < 1.29 is 18.7 Å². The molecular formula is C13H17N3O4. The number of hydrogen-bond acceptors (Lipinski definition) is 7. The van der Waals surface area contributed by atoms with E-state index in [9.17, 15) is 0 Å². The lowest BCUT2D eigenvalue weighted by atomic mass is 10.2. The first-order valence-electron chi connectivity index (χ1n) is 6.06. The van der Waals surface area contributed by atoms with E-state index >= 15 is 0 Å². The van der Waals surface area contributed by atoms with Gasteiger partial charge in [-0.25, -0.2) is 0 Å². The third-order valence-corrected chi connectivity index (χ3v) is 2.65. The molecule has 0 saturated carbocycles. The van der Waals surface area contributed by atoms with Gasteiger partial charge in [0.25, 0.3) is 0 Å². The lowest BCUT2D eigenvalue weighted by molar-refractivity contribution is 0.254. The highest BCUT2D eigenvalue weighted by atomic mass is 16.5. The van der Waals surface area contributed by atoms with Crippen LogP contribution in [-0.4, -0.2) is 31.4 Å². The smallest absolute Gasteiger partial charge is 0.213 e. The molecule has 20 heavy (non-hydrogen) atoms. The molecule has 1 aromatic carbocycles. The summed E-state index contributed by atoms with van der Waals surface area (Å²) in [6, 6.07) is 3.79. The SMILES string of the molecule is CNCc1cc(OC)c(OCc2ncon2)c(OC)c1. The third kappa shape index (κ3) is 3.18. The van der Waals surface area contributed by atoms with Gasteiger partial charge < -0.3 is 24.1 Å². The van der Waals surface area contributed by atoms with Gasteiger partial charge in [0.15, 0.2) is 18.1 Å². The molecule has 108 valence electrons. The lowest BCUT2D eigenvalue weighted by Crippen LogP contribution is -2.07. The fourth-order valence-corrected chi connectivity index (χ4v) is 1.78. The van der Waals surface area contributed by atoms with Crippen molar-refractivity contribution in [2.24, 2.45) is 0 Å². The largest absolute Gasteiger partial charge is 0.493 e. The Morgan fingerprint density at radius 2 is 1.90 bits per heavy atom. The van der Waals surface area contributed by atoms with E-state index in [0.717, 1.165) is 5.56 Å². The van der Waals surface area contributed by atoms with Crippen molar-refractivity contribution in [1.29, 1.82) is 0 Å². The minimum absolute atomic E-state index is 0.175. The molecule has 0 atom stereocenters. The Morgan fingerprint density at radius 3 is 2.40 bits per heavy atom. The maximum atomic E-state index is 5.67. The molecule has 0 amide bonds. The van der Waals surface area contributed by atoms with Crippen LogP contribution in [0.2, 0.25) is 0 Å². The first-order chi connectivity index (χ1) is 9.78. The van der Waals surface area contributed by atoms with Crippen molar-refractivity contribution >= 4 is 0 Å². The standard InChI is InChI=1S/C13H17N3O4/c1-14-6-9-4-10(17-2)13(11(5-9)18-3)19-7-12-15-8-20-16-12/h4-5,8,14H,6-7H2,1-3H3. The van der Waals surface area contributed by atoms with E-state index < -0.39 is 0 Å². The van der Waals surface area contributed by atoms with Crippen LogP contribution in [0.1, 0.15) is 11.4 Å². The lowest BCUT2D eigenvalue weighted by Gasteiger charge is -2.15. The summed E-state index contributed by atoms with van der Waals surface area (Å²) >= 11 is 0. The highest BCUT2D eigenvalue weighted by Crippen LogP contribution is 2.38. The summed E-state index contributed by atoms with van der Waals surface area (Å²) in [4.78, 5) is 3.89. The molecule has 0 radical (unpaired) electrons. The Balaban J connectivity index is 2.24. The molecule has 0 fully saturated rings. The van der Waals surface area contributed by atoms with E-state index in [1.807, 2.05) is 19.2 Å². The molecule has 0 aliphatic heterocycles. The maximum absolute atomic E-state index is 5.67. The van der Waals surface area contributed by atoms with Crippen LogP contribution in [0, 0.1) is 0 Å². The van der Waals surface area contributed by atoms with E-state index in [1.54, 1.807) is 14.2 Å². The van der Waals surface area contributed by atoms with Gasteiger partial charge in [0.1, 0.15) is 0 Å². The molecule has 0 spiro atoms. The average Bonchev–Trinajstić information content (AvgIpc) is 2.98. The number of nitrogens with one attached hydrogen (secondary N) is 1. The summed E-state index contributed by atoms with van der Waals surface area (Å²) in [5.74, 6) is 2.16. The zero-order valence-electron chi connectivity index (χ0n) is 11.7. The van der Waals surface area contributed by atoms with Crippen molar-refractivity contribution in [2.75, 3.05) is 21.3 Å². The number of hydrogen-bond donors (Lipinski definition) is 1. The molecule has 7 heteroatoms. The molecule has 2 rings (SSSR count). The predicted molar refractivity (Wildman–Crippen MR) is 70.9 cm³/mol. The summed E-state index contributed by atoms with van der Waals surface area (Å²) in [5.41, 5.74) is 1.04. The molecule has 0 aliphatic rings. The monoisotopic (exact) mass is 279 g/mol. The molecule has 0 unspecified atom stereocenters. The van der Waals surface area contributed by atoms with Gasteiger partial charge in [0.05, 0.1) is 14.2 Å². The molecule has 0 aliphatic carbocycles. The van der Waals surface area contributed by atoms with Gasteiger partial charge in [-0.3, -0.25) is 0 Å². The van der Waals surface area contributed by atoms with Crippen LogP contribution in [0.3, 0.4) is 0 Å². The zero-order chi connectivity index (χ0) is 14.4. The topological polar surface area (TPSA) is 78.6 Å². The van der Waals surface area contributed by atoms with Gasteiger partial charge in [0, 0.05) is 6.54 Å². The fraction of sp³-hybridized carbons (Fsp3) is 0.385. The van der Waals surface area contributed by atoms with Crippen molar-refractivity contribution in [3.8, 4) is 17.2 Å². The molecule has 1 aromatic heterocycles. The molecule has 0 bridgehead atoms. The molecular weight excluding hydrogens is 262 g/mol. The third-order valence-electron chi connectivity index (χ3n) is 2.65. The van der Waals surface area contributed by atoms with Crippen LogP contribution >= 0.6 is 0 Å². The van der Waals surface area contributed by atoms with Crippen LogP contribution in [0.15, 0.2) is 23.0 Å². The van der Waals surface area contributed by atoms with Crippen molar-refractivity contribution in [1.82, 2.24) is 15.5 Å². The van der Waals surface area contributed by atoms with Gasteiger partial charge in [-0.1, -0.05) is 5.16 Å². The second kappa shape index (κ2) is 6.76. The van der Waals surface area contributed by atoms with Crippen LogP contribution < -0.4 is 19.5 Å². The summed E-state index contributed by atoms with van der Waals surface area (Å²) in [6.45, 7) is 0.881. The van der Waals surface area contributed by atoms with Crippen LogP contribution in [0.4, 0.5) is 0 Å². The number of rotatable bonds is 7. The molecule has 1 N–H and O–H groups in total. The van der Waals surface area contributed by atoms with Crippen LogP contribution in [0.5, 0.6) is 17.2 Å². The second-order valence-electron chi connectivity index (χ2n) is 4.00. The van der Waals surface area contributed by atoms with Crippen molar-refractivity contribution in [3.63, 3.8) is 0 Å². The van der Waals surface area contributed by atoms with Gasteiger partial charge in [0.2, 0.25) is 18.0 Å².